The van der Waals surface area contributed by atoms with Crippen molar-refractivity contribution in [3.8, 4) is 0 Å². The van der Waals surface area contributed by atoms with E-state index in [-0.39, 0.29) is 17.8 Å². The maximum Gasteiger partial charge on any atom is 0.410 e. The molecule has 0 atom stereocenters. The summed E-state index contributed by atoms with van der Waals surface area (Å²) in [4.78, 5) is 45.1. The Bertz CT molecular complexity index is 1490. The minimum Gasteiger partial charge on any atom is -0.444 e. The van der Waals surface area contributed by atoms with E-state index in [1.54, 1.807) is 17.0 Å². The van der Waals surface area contributed by atoms with Crippen molar-refractivity contribution < 1.29 is 23.9 Å². The fourth-order valence-electron chi connectivity index (χ4n) is 6.60. The first-order chi connectivity index (χ1) is 25.1. The summed E-state index contributed by atoms with van der Waals surface area (Å²) in [5.74, 6) is 0. The number of rotatable bonds is 5. The first-order valence-electron chi connectivity index (χ1n) is 19.0. The number of hydrogen-bond acceptors (Lipinski definition) is 9. The van der Waals surface area contributed by atoms with Gasteiger partial charge in [0.2, 0.25) is 0 Å². The Morgan fingerprint density at radius 3 is 1.60 bits per heavy atom. The standard InChI is InChI=1S/C20H30ClN3O2.C11H12ClNO.C9H18N2O2/c1-20(2,3)26-19(25)24-12-10-22(11-13-24)15-16-6-7-17(21)14-18(16)23-8-4-5-9-23;12-10-4-3-9(8-14)11(7-10)13-5-1-2-6-13;1-9(2,3)13-8(12)11-6-4-10-5-7-11/h6-7,14H,4-5,8-13,15H2,1-3H3;3-4,7-8H,1-2,5-6H2;10H,4-7H2,1-3H3. The van der Waals surface area contributed by atoms with E-state index in [4.69, 9.17) is 32.7 Å². The van der Waals surface area contributed by atoms with E-state index in [1.807, 2.05) is 58.6 Å². The molecule has 0 aromatic heterocycles. The zero-order chi connectivity index (χ0) is 38.6. The van der Waals surface area contributed by atoms with Gasteiger partial charge in [0, 0.05) is 112 Å². The van der Waals surface area contributed by atoms with E-state index < -0.39 is 5.60 Å². The van der Waals surface area contributed by atoms with Crippen LogP contribution in [0.15, 0.2) is 36.4 Å². The molecule has 6 rings (SSSR count). The van der Waals surface area contributed by atoms with Gasteiger partial charge < -0.3 is 34.4 Å². The second-order valence-corrected chi connectivity index (χ2v) is 16.8. The van der Waals surface area contributed by atoms with Crippen LogP contribution in [0.25, 0.3) is 0 Å². The van der Waals surface area contributed by atoms with Gasteiger partial charge in [-0.05, 0) is 103 Å². The summed E-state index contributed by atoms with van der Waals surface area (Å²) in [6.07, 6.45) is 5.39. The van der Waals surface area contributed by atoms with Gasteiger partial charge in [0.1, 0.15) is 11.2 Å². The van der Waals surface area contributed by atoms with Gasteiger partial charge in [-0.25, -0.2) is 9.59 Å². The smallest absolute Gasteiger partial charge is 0.410 e. The Hall–Kier alpha value is -3.25. The lowest BCUT2D eigenvalue weighted by Crippen LogP contribution is -2.49. The number of amides is 2. The fourth-order valence-corrected chi connectivity index (χ4v) is 6.93. The molecule has 0 radical (unpaired) electrons. The maximum absolute atomic E-state index is 12.2. The Balaban J connectivity index is 0.000000196. The number of aldehydes is 1. The summed E-state index contributed by atoms with van der Waals surface area (Å²) >= 11 is 12.2. The average Bonchev–Trinajstić information content (AvgIpc) is 3.85. The fraction of sp³-hybridized carbons (Fsp3) is 0.625. The topological polar surface area (TPSA) is 97.9 Å². The molecule has 294 valence electrons. The number of ether oxygens (including phenoxy) is 2. The minimum absolute atomic E-state index is 0.200. The highest BCUT2D eigenvalue weighted by Gasteiger charge is 2.27. The van der Waals surface area contributed by atoms with Crippen molar-refractivity contribution in [3.63, 3.8) is 0 Å². The summed E-state index contributed by atoms with van der Waals surface area (Å²) in [7, 11) is 0. The summed E-state index contributed by atoms with van der Waals surface area (Å²) in [5.41, 5.74) is 3.47. The minimum atomic E-state index is -0.442. The van der Waals surface area contributed by atoms with Gasteiger partial charge in [0.05, 0.1) is 0 Å². The zero-order valence-electron chi connectivity index (χ0n) is 32.6. The van der Waals surface area contributed by atoms with Crippen LogP contribution in [0, 0.1) is 0 Å². The summed E-state index contributed by atoms with van der Waals surface area (Å²) in [6.45, 7) is 22.9. The monoisotopic (exact) mass is 774 g/mol. The molecule has 2 amide bonds. The van der Waals surface area contributed by atoms with Gasteiger partial charge in [-0.2, -0.15) is 0 Å². The molecule has 4 aliphatic heterocycles. The molecule has 1 N–H and O–H groups in total. The quantitative estimate of drug-likeness (QED) is 0.309. The van der Waals surface area contributed by atoms with E-state index in [1.165, 1.54) is 36.9 Å². The molecule has 0 bridgehead atoms. The molecular formula is C40H60Cl2N6O5. The van der Waals surface area contributed by atoms with Gasteiger partial charge in [-0.15, -0.1) is 0 Å². The largest absolute Gasteiger partial charge is 0.444 e. The Morgan fingerprint density at radius 1 is 0.660 bits per heavy atom. The molecule has 0 aliphatic carbocycles. The normalized spacial score (nSPS) is 18.1. The number of anilines is 2. The van der Waals surface area contributed by atoms with Crippen molar-refractivity contribution in [2.75, 3.05) is 88.3 Å². The van der Waals surface area contributed by atoms with Gasteiger partial charge in [0.15, 0.2) is 6.29 Å². The highest BCUT2D eigenvalue weighted by molar-refractivity contribution is 6.31. The second-order valence-electron chi connectivity index (χ2n) is 15.9. The van der Waals surface area contributed by atoms with Crippen molar-refractivity contribution in [2.24, 2.45) is 0 Å². The molecule has 0 spiro atoms. The second kappa shape index (κ2) is 19.9. The molecule has 0 unspecified atom stereocenters. The van der Waals surface area contributed by atoms with Crippen LogP contribution in [0.4, 0.5) is 21.0 Å². The van der Waals surface area contributed by atoms with Crippen molar-refractivity contribution in [2.45, 2.75) is 85.0 Å². The van der Waals surface area contributed by atoms with E-state index >= 15 is 0 Å². The number of hydrogen-bond donors (Lipinski definition) is 1. The lowest BCUT2D eigenvalue weighted by Gasteiger charge is -2.36. The first-order valence-corrected chi connectivity index (χ1v) is 19.8. The SMILES string of the molecule is CC(C)(C)OC(=O)N1CCN(Cc2ccc(Cl)cc2N2CCCC2)CC1.CC(C)(C)OC(=O)N1CCNCC1.O=Cc1ccc(Cl)cc1N1CCCC1. The van der Waals surface area contributed by atoms with E-state index in [0.29, 0.717) is 18.1 Å². The van der Waals surface area contributed by atoms with Crippen LogP contribution in [0.1, 0.15) is 83.1 Å². The number of benzene rings is 2. The maximum atomic E-state index is 12.2. The van der Waals surface area contributed by atoms with E-state index in [2.05, 4.69) is 32.1 Å². The van der Waals surface area contributed by atoms with Crippen LogP contribution in [-0.2, 0) is 16.0 Å². The van der Waals surface area contributed by atoms with Crippen LogP contribution in [0.3, 0.4) is 0 Å². The molecule has 53 heavy (non-hydrogen) atoms. The van der Waals surface area contributed by atoms with Crippen molar-refractivity contribution in [3.05, 3.63) is 57.6 Å². The molecule has 4 aliphatic rings. The number of halogens is 2. The molecule has 2 aromatic rings. The molecular weight excluding hydrogens is 715 g/mol. The van der Waals surface area contributed by atoms with Crippen molar-refractivity contribution >= 4 is 53.0 Å². The number of piperazine rings is 2. The number of nitrogens with zero attached hydrogens (tertiary/aromatic N) is 5. The van der Waals surface area contributed by atoms with Crippen molar-refractivity contribution in [1.29, 1.82) is 0 Å². The molecule has 13 heteroatoms. The lowest BCUT2D eigenvalue weighted by atomic mass is 10.1. The summed E-state index contributed by atoms with van der Waals surface area (Å²) in [6, 6.07) is 11.6. The van der Waals surface area contributed by atoms with E-state index in [9.17, 15) is 14.4 Å². The predicted molar refractivity (Wildman–Crippen MR) is 215 cm³/mol. The highest BCUT2D eigenvalue weighted by atomic mass is 35.5. The van der Waals surface area contributed by atoms with Crippen LogP contribution in [0.2, 0.25) is 10.0 Å². The van der Waals surface area contributed by atoms with Crippen LogP contribution in [0.5, 0.6) is 0 Å². The third-order valence-corrected chi connectivity index (χ3v) is 9.72. The number of nitrogens with one attached hydrogen (secondary N) is 1. The lowest BCUT2D eigenvalue weighted by molar-refractivity contribution is 0.0138. The first kappa shape index (κ1) is 42.5. The predicted octanol–water partition coefficient (Wildman–Crippen LogP) is 7.57. The zero-order valence-corrected chi connectivity index (χ0v) is 34.1. The highest BCUT2D eigenvalue weighted by Crippen LogP contribution is 2.30. The summed E-state index contributed by atoms with van der Waals surface area (Å²) in [5, 5.41) is 4.67. The van der Waals surface area contributed by atoms with Gasteiger partial charge >= 0.3 is 12.2 Å². The van der Waals surface area contributed by atoms with Gasteiger partial charge in [-0.3, -0.25) is 9.69 Å². The number of carbonyl (C=O) groups excluding carboxylic acids is 3. The summed E-state index contributed by atoms with van der Waals surface area (Å²) < 4.78 is 10.7. The van der Waals surface area contributed by atoms with Crippen LogP contribution in [-0.4, -0.2) is 123 Å². The van der Waals surface area contributed by atoms with Crippen LogP contribution < -0.4 is 15.1 Å². The third-order valence-electron chi connectivity index (χ3n) is 9.25. The Morgan fingerprint density at radius 2 is 1.11 bits per heavy atom. The third kappa shape index (κ3) is 14.2. The van der Waals surface area contributed by atoms with Crippen molar-refractivity contribution in [1.82, 2.24) is 20.0 Å². The molecule has 4 heterocycles. The molecule has 0 saturated carbocycles. The van der Waals surface area contributed by atoms with E-state index in [0.717, 1.165) is 94.6 Å². The Kier molecular flexibility index (Phi) is 15.9. The van der Waals surface area contributed by atoms with Gasteiger partial charge in [0.25, 0.3) is 0 Å². The van der Waals surface area contributed by atoms with Crippen LogP contribution >= 0.6 is 23.2 Å². The molecule has 2 aromatic carbocycles. The molecule has 4 fully saturated rings. The Labute approximate surface area is 326 Å². The molecule has 11 nitrogen and oxygen atoms in total. The average molecular weight is 776 g/mol. The molecule has 4 saturated heterocycles. The number of carbonyl (C=O) groups is 3. The van der Waals surface area contributed by atoms with Gasteiger partial charge in [-0.1, -0.05) is 29.3 Å².